The summed E-state index contributed by atoms with van der Waals surface area (Å²) in [6.45, 7) is 8.52. The first-order chi connectivity index (χ1) is 14.8. The molecular weight excluding hydrogens is 416 g/mol. The van der Waals surface area contributed by atoms with Crippen LogP contribution in [0.25, 0.3) is 0 Å². The molecule has 2 saturated heterocycles. The van der Waals surface area contributed by atoms with Gasteiger partial charge in [0.05, 0.1) is 37.3 Å². The molecule has 4 rings (SSSR count). The van der Waals surface area contributed by atoms with Gasteiger partial charge in [-0.1, -0.05) is 6.07 Å². The Bertz CT molecular complexity index is 811. The first kappa shape index (κ1) is 22.4. The van der Waals surface area contributed by atoms with Crippen molar-refractivity contribution in [3.05, 3.63) is 29.3 Å². The number of carbonyl (C=O) groups excluding carboxylic acids is 1. The van der Waals surface area contributed by atoms with Gasteiger partial charge in [0.2, 0.25) is 5.91 Å². The molecule has 0 bridgehead atoms. The summed E-state index contributed by atoms with van der Waals surface area (Å²) >= 11 is 5.60. The second kappa shape index (κ2) is 9.38. The minimum atomic E-state index is -0.990. The van der Waals surface area contributed by atoms with Crippen molar-refractivity contribution in [1.29, 1.82) is 0 Å². The number of aliphatic hydroxyl groups is 2. The maximum absolute atomic E-state index is 13.2. The van der Waals surface area contributed by atoms with Gasteiger partial charge in [0, 0.05) is 31.9 Å². The second-order valence-electron chi connectivity index (χ2n) is 8.83. The molecule has 5 atom stereocenters. The number of fused-ring (bicyclic) bond motifs is 1. The highest BCUT2D eigenvalue weighted by Crippen LogP contribution is 2.37. The van der Waals surface area contributed by atoms with E-state index >= 15 is 0 Å². The summed E-state index contributed by atoms with van der Waals surface area (Å²) in [4.78, 5) is 17.4. The summed E-state index contributed by atoms with van der Waals surface area (Å²) in [5.41, 5.74) is 3.10. The van der Waals surface area contributed by atoms with Gasteiger partial charge >= 0.3 is 0 Å². The lowest BCUT2D eigenvalue weighted by Crippen LogP contribution is -2.61. The number of aliphatic hydroxyl groups excluding tert-OH is 2. The van der Waals surface area contributed by atoms with Gasteiger partial charge in [-0.25, -0.2) is 0 Å². The molecule has 1 aromatic carbocycles. The fourth-order valence-corrected chi connectivity index (χ4v) is 5.39. The van der Waals surface area contributed by atoms with Crippen LogP contribution in [0.1, 0.15) is 17.5 Å². The molecule has 2 aliphatic heterocycles. The lowest BCUT2D eigenvalue weighted by Gasteiger charge is -2.41. The molecule has 2 heterocycles. The van der Waals surface area contributed by atoms with Crippen LogP contribution in [0.4, 0.5) is 5.69 Å². The van der Waals surface area contributed by atoms with E-state index in [1.807, 2.05) is 30.9 Å². The van der Waals surface area contributed by atoms with Gasteiger partial charge < -0.3 is 30.5 Å². The van der Waals surface area contributed by atoms with Crippen molar-refractivity contribution < 1.29 is 19.7 Å². The van der Waals surface area contributed by atoms with Crippen LogP contribution in [0.15, 0.2) is 18.2 Å². The van der Waals surface area contributed by atoms with E-state index in [4.69, 9.17) is 17.0 Å². The summed E-state index contributed by atoms with van der Waals surface area (Å²) in [7, 11) is 0. The number of hydrogen-bond acceptors (Lipinski definition) is 6. The van der Waals surface area contributed by atoms with Crippen molar-refractivity contribution in [3.8, 4) is 0 Å². The Morgan fingerprint density at radius 3 is 2.58 bits per heavy atom. The molecule has 4 N–H and O–H groups in total. The summed E-state index contributed by atoms with van der Waals surface area (Å²) < 4.78 is 5.37. The van der Waals surface area contributed by atoms with E-state index in [9.17, 15) is 15.0 Å². The number of hydrogen-bond donors (Lipinski definition) is 4. The van der Waals surface area contributed by atoms with E-state index in [1.165, 1.54) is 0 Å². The van der Waals surface area contributed by atoms with Crippen LogP contribution in [-0.4, -0.2) is 89.8 Å². The van der Waals surface area contributed by atoms with E-state index < -0.39 is 24.2 Å². The molecule has 1 amide bonds. The minimum Gasteiger partial charge on any atom is -0.390 e. The Balaban J connectivity index is 1.52. The molecule has 1 aromatic rings. The fourth-order valence-electron chi connectivity index (χ4n) is 5.02. The quantitative estimate of drug-likeness (QED) is 0.465. The van der Waals surface area contributed by atoms with E-state index in [1.54, 1.807) is 0 Å². The number of benzene rings is 1. The number of aryl methyl sites for hydroxylation is 2. The molecule has 9 heteroatoms. The second-order valence-corrected chi connectivity index (χ2v) is 9.21. The number of nitrogens with one attached hydrogen (secondary N) is 2. The Kier molecular flexibility index (Phi) is 6.78. The van der Waals surface area contributed by atoms with Gasteiger partial charge in [0.1, 0.15) is 6.10 Å². The van der Waals surface area contributed by atoms with Crippen LogP contribution in [0.5, 0.6) is 0 Å². The van der Waals surface area contributed by atoms with Crippen molar-refractivity contribution in [3.63, 3.8) is 0 Å². The lowest BCUT2D eigenvalue weighted by molar-refractivity contribution is -0.131. The maximum atomic E-state index is 13.2. The molecule has 1 aliphatic carbocycles. The highest BCUT2D eigenvalue weighted by atomic mass is 32.1. The SMILES string of the molecule is Cc1cc(C)cc(N2C(=S)N[C@H]3[C@@H](O)[C@H](O)C[C@@H](C(=O)NCCN4CCOCC4)[C@@H]32)c1. The Labute approximate surface area is 188 Å². The number of carbonyl (C=O) groups is 1. The van der Waals surface area contributed by atoms with Gasteiger partial charge in [-0.05, 0) is 55.7 Å². The summed E-state index contributed by atoms with van der Waals surface area (Å²) in [6.07, 6.45) is -1.78. The number of thiocarbonyl (C=S) groups is 1. The van der Waals surface area contributed by atoms with Gasteiger partial charge in [-0.2, -0.15) is 0 Å². The molecule has 0 spiro atoms. The summed E-state index contributed by atoms with van der Waals surface area (Å²) in [5, 5.41) is 27.8. The van der Waals surface area contributed by atoms with Gasteiger partial charge in [0.15, 0.2) is 5.11 Å². The van der Waals surface area contributed by atoms with Crippen molar-refractivity contribution >= 4 is 28.9 Å². The summed E-state index contributed by atoms with van der Waals surface area (Å²) in [6, 6.07) is 5.29. The number of anilines is 1. The predicted octanol–water partition coefficient (Wildman–Crippen LogP) is -0.0748. The molecule has 0 unspecified atom stereocenters. The number of ether oxygens (including phenoxy) is 1. The maximum Gasteiger partial charge on any atom is 0.225 e. The van der Waals surface area contributed by atoms with E-state index in [0.29, 0.717) is 11.7 Å². The molecule has 3 aliphatic rings. The third kappa shape index (κ3) is 4.70. The van der Waals surface area contributed by atoms with E-state index in [0.717, 1.165) is 49.7 Å². The monoisotopic (exact) mass is 448 g/mol. The van der Waals surface area contributed by atoms with Crippen LogP contribution < -0.4 is 15.5 Å². The zero-order valence-corrected chi connectivity index (χ0v) is 18.9. The van der Waals surface area contributed by atoms with Crippen LogP contribution in [0.2, 0.25) is 0 Å². The highest BCUT2D eigenvalue weighted by Gasteiger charge is 2.53. The van der Waals surface area contributed by atoms with Crippen molar-refractivity contribution in [1.82, 2.24) is 15.5 Å². The first-order valence-electron chi connectivity index (χ1n) is 11.0. The fraction of sp³-hybridized carbons (Fsp3) is 0.636. The van der Waals surface area contributed by atoms with Crippen LogP contribution >= 0.6 is 12.2 Å². The topological polar surface area (TPSA) is 97.3 Å². The molecular formula is C22H32N4O4S. The third-order valence-corrected chi connectivity index (χ3v) is 6.81. The molecule has 170 valence electrons. The summed E-state index contributed by atoms with van der Waals surface area (Å²) in [5.74, 6) is -0.614. The predicted molar refractivity (Wildman–Crippen MR) is 122 cm³/mol. The average Bonchev–Trinajstić information content (AvgIpc) is 3.08. The normalized spacial score (nSPS) is 31.3. The molecule has 0 aromatic heterocycles. The molecule has 0 radical (unpaired) electrons. The van der Waals surface area contributed by atoms with Crippen LogP contribution in [0, 0.1) is 19.8 Å². The lowest BCUT2D eigenvalue weighted by atomic mass is 9.77. The van der Waals surface area contributed by atoms with Crippen LogP contribution in [0.3, 0.4) is 0 Å². The number of amides is 1. The molecule has 31 heavy (non-hydrogen) atoms. The Morgan fingerprint density at radius 1 is 1.23 bits per heavy atom. The largest absolute Gasteiger partial charge is 0.390 e. The number of morpholine rings is 1. The molecule has 3 fully saturated rings. The van der Waals surface area contributed by atoms with Crippen molar-refractivity contribution in [2.24, 2.45) is 5.92 Å². The zero-order valence-electron chi connectivity index (χ0n) is 18.1. The minimum absolute atomic E-state index is 0.116. The van der Waals surface area contributed by atoms with E-state index in [-0.39, 0.29) is 18.4 Å². The number of nitrogens with zero attached hydrogens (tertiary/aromatic N) is 2. The van der Waals surface area contributed by atoms with Gasteiger partial charge in [0.25, 0.3) is 0 Å². The Hall–Kier alpha value is -1.78. The average molecular weight is 449 g/mol. The van der Waals surface area contributed by atoms with Gasteiger partial charge in [-0.3, -0.25) is 9.69 Å². The van der Waals surface area contributed by atoms with Crippen molar-refractivity contribution in [2.45, 2.75) is 44.6 Å². The highest BCUT2D eigenvalue weighted by molar-refractivity contribution is 7.80. The standard InChI is InChI=1S/C22H32N4O4S/c1-13-9-14(2)11-15(10-13)26-19-16(12-17(27)20(28)18(19)24-22(26)31)21(29)23-3-4-25-5-7-30-8-6-25/h9-11,16-20,27-28H,3-8,12H2,1-2H3,(H,23,29)(H,24,31)/t16-,17-,18-,19+,20+/m1/s1. The van der Waals surface area contributed by atoms with Crippen molar-refractivity contribution in [2.75, 3.05) is 44.3 Å². The van der Waals surface area contributed by atoms with Gasteiger partial charge in [-0.15, -0.1) is 0 Å². The number of rotatable bonds is 5. The third-order valence-electron chi connectivity index (χ3n) is 6.50. The Morgan fingerprint density at radius 2 is 1.90 bits per heavy atom. The smallest absolute Gasteiger partial charge is 0.225 e. The first-order valence-corrected chi connectivity index (χ1v) is 11.4. The zero-order chi connectivity index (χ0) is 22.1. The molecule has 8 nitrogen and oxygen atoms in total. The van der Waals surface area contributed by atoms with Crippen LogP contribution in [-0.2, 0) is 9.53 Å². The molecule has 1 saturated carbocycles. The van der Waals surface area contributed by atoms with E-state index in [2.05, 4.69) is 21.6 Å².